The van der Waals surface area contributed by atoms with Crippen molar-refractivity contribution in [1.29, 1.82) is 0 Å². The van der Waals surface area contributed by atoms with Gasteiger partial charge in [0.2, 0.25) is 11.8 Å². The molecule has 3 aromatic rings. The number of benzene rings is 1. The van der Waals surface area contributed by atoms with E-state index in [0.29, 0.717) is 23.9 Å². The normalized spacial score (nSPS) is 13.6. The Kier molecular flexibility index (Phi) is 6.58. The minimum absolute atomic E-state index is 0.0444. The number of methoxy groups -OCH3 is 2. The number of aromatic nitrogens is 1. The van der Waals surface area contributed by atoms with Crippen molar-refractivity contribution in [3.63, 3.8) is 0 Å². The lowest BCUT2D eigenvalue weighted by Gasteiger charge is -2.29. The molecule has 4 rings (SSSR count). The van der Waals surface area contributed by atoms with Gasteiger partial charge >= 0.3 is 0 Å². The van der Waals surface area contributed by atoms with Gasteiger partial charge in [0.05, 0.1) is 26.3 Å². The molecular formula is C23H27N3O4S. The summed E-state index contributed by atoms with van der Waals surface area (Å²) in [6.07, 6.45) is 1.17. The minimum atomic E-state index is -0.0444. The van der Waals surface area contributed by atoms with Gasteiger partial charge in [0.1, 0.15) is 5.76 Å². The van der Waals surface area contributed by atoms with Gasteiger partial charge in [-0.15, -0.1) is 0 Å². The van der Waals surface area contributed by atoms with Crippen LogP contribution in [0.3, 0.4) is 0 Å². The number of thiophene rings is 1. The molecule has 0 saturated carbocycles. The number of oxazole rings is 1. The van der Waals surface area contributed by atoms with Crippen LogP contribution in [-0.2, 0) is 24.2 Å². The Morgan fingerprint density at radius 1 is 1.26 bits per heavy atom. The second-order valence-electron chi connectivity index (χ2n) is 7.56. The largest absolute Gasteiger partial charge is 0.493 e. The Morgan fingerprint density at radius 3 is 2.74 bits per heavy atom. The zero-order valence-electron chi connectivity index (χ0n) is 18.1. The minimum Gasteiger partial charge on any atom is -0.493 e. The molecule has 2 aromatic heterocycles. The lowest BCUT2D eigenvalue weighted by atomic mass is 9.99. The molecule has 1 aromatic carbocycles. The maximum Gasteiger partial charge on any atom is 0.227 e. The molecule has 0 atom stereocenters. The molecule has 0 fully saturated rings. The van der Waals surface area contributed by atoms with Gasteiger partial charge in [0.15, 0.2) is 11.5 Å². The predicted molar refractivity (Wildman–Crippen MR) is 120 cm³/mol. The summed E-state index contributed by atoms with van der Waals surface area (Å²) in [4.78, 5) is 19.2. The fourth-order valence-electron chi connectivity index (χ4n) is 3.80. The molecular weight excluding hydrogens is 414 g/mol. The second kappa shape index (κ2) is 9.53. The summed E-state index contributed by atoms with van der Waals surface area (Å²) in [5.41, 5.74) is 4.17. The molecule has 1 amide bonds. The van der Waals surface area contributed by atoms with Gasteiger partial charge in [-0.25, -0.2) is 4.98 Å². The van der Waals surface area contributed by atoms with Crippen LogP contribution in [0.25, 0.3) is 11.5 Å². The van der Waals surface area contributed by atoms with Crippen LogP contribution in [0.2, 0.25) is 0 Å². The number of nitrogens with one attached hydrogen (secondary N) is 1. The topological polar surface area (TPSA) is 76.8 Å². The molecule has 7 nitrogen and oxygen atoms in total. The molecule has 0 saturated heterocycles. The van der Waals surface area contributed by atoms with Crippen LogP contribution in [0.15, 0.2) is 33.4 Å². The highest BCUT2D eigenvalue weighted by molar-refractivity contribution is 7.08. The van der Waals surface area contributed by atoms with Gasteiger partial charge in [0.25, 0.3) is 0 Å². The molecule has 0 aliphatic carbocycles. The van der Waals surface area contributed by atoms with Gasteiger partial charge in [-0.3, -0.25) is 9.69 Å². The number of aryl methyl sites for hydroxylation is 1. The smallest absolute Gasteiger partial charge is 0.227 e. The first kappa shape index (κ1) is 21.4. The van der Waals surface area contributed by atoms with E-state index in [1.165, 1.54) is 11.1 Å². The lowest BCUT2D eigenvalue weighted by molar-refractivity contribution is -0.120. The van der Waals surface area contributed by atoms with Crippen molar-refractivity contribution >= 4 is 17.2 Å². The Hall–Kier alpha value is -2.84. The summed E-state index contributed by atoms with van der Waals surface area (Å²) in [7, 11) is 3.31. The Bertz CT molecular complexity index is 1050. The van der Waals surface area contributed by atoms with E-state index >= 15 is 0 Å². The number of hydrogen-bond donors (Lipinski definition) is 1. The number of ether oxygens (including phenoxy) is 2. The molecule has 0 spiro atoms. The van der Waals surface area contributed by atoms with E-state index in [9.17, 15) is 4.79 Å². The van der Waals surface area contributed by atoms with E-state index in [1.54, 1.807) is 25.6 Å². The molecule has 0 unspecified atom stereocenters. The summed E-state index contributed by atoms with van der Waals surface area (Å²) < 4.78 is 16.5. The van der Waals surface area contributed by atoms with Crippen LogP contribution in [0, 0.1) is 6.92 Å². The maximum absolute atomic E-state index is 12.4. The second-order valence-corrected chi connectivity index (χ2v) is 8.34. The van der Waals surface area contributed by atoms with Crippen molar-refractivity contribution in [2.24, 2.45) is 0 Å². The zero-order chi connectivity index (χ0) is 21.8. The molecule has 8 heteroatoms. The molecule has 0 radical (unpaired) electrons. The first-order valence-corrected chi connectivity index (χ1v) is 11.2. The molecule has 1 aliphatic rings. The van der Waals surface area contributed by atoms with E-state index in [0.717, 1.165) is 43.1 Å². The van der Waals surface area contributed by atoms with E-state index in [2.05, 4.69) is 27.3 Å². The molecule has 0 bridgehead atoms. The number of hydrogen-bond acceptors (Lipinski definition) is 7. The monoisotopic (exact) mass is 441 g/mol. The van der Waals surface area contributed by atoms with E-state index < -0.39 is 0 Å². The first-order chi connectivity index (χ1) is 15.1. The van der Waals surface area contributed by atoms with Crippen LogP contribution in [-0.4, -0.2) is 49.6 Å². The fraction of sp³-hybridized carbons (Fsp3) is 0.391. The van der Waals surface area contributed by atoms with Crippen molar-refractivity contribution in [3.8, 4) is 23.0 Å². The molecule has 1 aliphatic heterocycles. The highest BCUT2D eigenvalue weighted by Gasteiger charge is 2.20. The van der Waals surface area contributed by atoms with Crippen molar-refractivity contribution in [1.82, 2.24) is 15.2 Å². The standard InChI is InChI=1S/C23H27N3O4S/c1-15-19(25-23(30-15)17-5-9-31-14-17)12-22(27)24-6-8-26-7-4-16-10-20(28-2)21(29-3)11-18(16)13-26/h5,9-11,14H,4,6-8,12-13H2,1-3H3,(H,24,27). The summed E-state index contributed by atoms with van der Waals surface area (Å²) in [5.74, 6) is 2.74. The molecule has 31 heavy (non-hydrogen) atoms. The average molecular weight is 442 g/mol. The van der Waals surface area contributed by atoms with Crippen LogP contribution in [0.1, 0.15) is 22.6 Å². The van der Waals surface area contributed by atoms with E-state index in [1.807, 2.05) is 23.8 Å². The molecule has 164 valence electrons. The van der Waals surface area contributed by atoms with Crippen LogP contribution in [0.4, 0.5) is 0 Å². The van der Waals surface area contributed by atoms with Crippen LogP contribution in [0.5, 0.6) is 11.5 Å². The zero-order valence-corrected chi connectivity index (χ0v) is 18.9. The Morgan fingerprint density at radius 2 is 2.03 bits per heavy atom. The van der Waals surface area contributed by atoms with Gasteiger partial charge < -0.3 is 19.2 Å². The third-order valence-electron chi connectivity index (χ3n) is 5.54. The Balaban J connectivity index is 1.28. The lowest BCUT2D eigenvalue weighted by Crippen LogP contribution is -2.38. The summed E-state index contributed by atoms with van der Waals surface area (Å²) in [6.45, 7) is 5.01. The number of fused-ring (bicyclic) bond motifs is 1. The van der Waals surface area contributed by atoms with Gasteiger partial charge in [0, 0.05) is 37.1 Å². The van der Waals surface area contributed by atoms with E-state index in [-0.39, 0.29) is 12.3 Å². The Labute approximate surface area is 186 Å². The number of amides is 1. The fourth-order valence-corrected chi connectivity index (χ4v) is 4.43. The van der Waals surface area contributed by atoms with Crippen molar-refractivity contribution in [2.45, 2.75) is 26.3 Å². The van der Waals surface area contributed by atoms with Crippen LogP contribution < -0.4 is 14.8 Å². The van der Waals surface area contributed by atoms with Crippen molar-refractivity contribution in [3.05, 3.63) is 51.5 Å². The average Bonchev–Trinajstić information content (AvgIpc) is 3.43. The summed E-state index contributed by atoms with van der Waals surface area (Å²) in [6, 6.07) is 6.08. The third kappa shape index (κ3) is 4.91. The first-order valence-electron chi connectivity index (χ1n) is 10.3. The SMILES string of the molecule is COc1cc2c(cc1OC)CN(CCNC(=O)Cc1nc(-c3ccsc3)oc1C)CC2. The van der Waals surface area contributed by atoms with Crippen LogP contribution >= 0.6 is 11.3 Å². The molecule has 3 heterocycles. The summed E-state index contributed by atoms with van der Waals surface area (Å²) in [5, 5.41) is 6.97. The molecule has 1 N–H and O–H groups in total. The number of carbonyl (C=O) groups is 1. The number of carbonyl (C=O) groups excluding carboxylic acids is 1. The number of nitrogens with zero attached hydrogens (tertiary/aromatic N) is 2. The van der Waals surface area contributed by atoms with E-state index in [4.69, 9.17) is 13.9 Å². The van der Waals surface area contributed by atoms with Gasteiger partial charge in [-0.1, -0.05) is 0 Å². The van der Waals surface area contributed by atoms with Gasteiger partial charge in [-0.2, -0.15) is 11.3 Å². The van der Waals surface area contributed by atoms with Crippen molar-refractivity contribution < 1.29 is 18.7 Å². The summed E-state index contributed by atoms with van der Waals surface area (Å²) >= 11 is 1.59. The quantitative estimate of drug-likeness (QED) is 0.577. The predicted octanol–water partition coefficient (Wildman–Crippen LogP) is 3.45. The highest BCUT2D eigenvalue weighted by atomic mass is 32.1. The third-order valence-corrected chi connectivity index (χ3v) is 6.22. The maximum atomic E-state index is 12.4. The highest BCUT2D eigenvalue weighted by Crippen LogP contribution is 2.33. The van der Waals surface area contributed by atoms with Crippen molar-refractivity contribution in [2.75, 3.05) is 33.9 Å². The van der Waals surface area contributed by atoms with Gasteiger partial charge in [-0.05, 0) is 48.1 Å². The number of rotatable bonds is 8.